The standard InChI is InChI=1S/C13H19N3O2/c1-4-16(3)13(18)8-15-10-5-6-12(14)11(7-10)9(2)17/h5-7,15H,4,8,14H2,1-3H3. The third-order valence-electron chi connectivity index (χ3n) is 2.78. The van der Waals surface area contributed by atoms with E-state index in [4.69, 9.17) is 5.73 Å². The number of nitrogens with one attached hydrogen (secondary N) is 1. The number of ketones is 1. The van der Waals surface area contributed by atoms with Gasteiger partial charge in [0, 0.05) is 30.5 Å². The molecule has 0 saturated heterocycles. The van der Waals surface area contributed by atoms with Crippen molar-refractivity contribution in [1.29, 1.82) is 0 Å². The van der Waals surface area contributed by atoms with Gasteiger partial charge in [0.05, 0.1) is 6.54 Å². The highest BCUT2D eigenvalue weighted by atomic mass is 16.2. The summed E-state index contributed by atoms with van der Waals surface area (Å²) >= 11 is 0. The van der Waals surface area contributed by atoms with Gasteiger partial charge in [-0.15, -0.1) is 0 Å². The van der Waals surface area contributed by atoms with Gasteiger partial charge in [-0.25, -0.2) is 0 Å². The topological polar surface area (TPSA) is 75.4 Å². The van der Waals surface area contributed by atoms with Crippen LogP contribution in [0.25, 0.3) is 0 Å². The maximum Gasteiger partial charge on any atom is 0.241 e. The summed E-state index contributed by atoms with van der Waals surface area (Å²) in [6.07, 6.45) is 0. The number of amides is 1. The number of likely N-dealkylation sites (N-methyl/N-ethyl adjacent to an activating group) is 1. The van der Waals surface area contributed by atoms with Crippen molar-refractivity contribution in [3.63, 3.8) is 0 Å². The Balaban J connectivity index is 2.72. The minimum atomic E-state index is -0.0897. The van der Waals surface area contributed by atoms with Crippen molar-refractivity contribution in [2.75, 3.05) is 31.2 Å². The summed E-state index contributed by atoms with van der Waals surface area (Å²) in [6.45, 7) is 4.24. The smallest absolute Gasteiger partial charge is 0.241 e. The Hall–Kier alpha value is -2.04. The van der Waals surface area contributed by atoms with Gasteiger partial charge in [-0.1, -0.05) is 0 Å². The van der Waals surface area contributed by atoms with Gasteiger partial charge in [0.1, 0.15) is 0 Å². The average molecular weight is 249 g/mol. The summed E-state index contributed by atoms with van der Waals surface area (Å²) in [6, 6.07) is 5.07. The van der Waals surface area contributed by atoms with Gasteiger partial charge in [0.2, 0.25) is 5.91 Å². The number of nitrogens with zero attached hydrogens (tertiary/aromatic N) is 1. The summed E-state index contributed by atoms with van der Waals surface area (Å²) in [7, 11) is 1.74. The van der Waals surface area contributed by atoms with Crippen molar-refractivity contribution in [3.05, 3.63) is 23.8 Å². The summed E-state index contributed by atoms with van der Waals surface area (Å²) < 4.78 is 0. The fourth-order valence-corrected chi connectivity index (χ4v) is 1.46. The Bertz CT molecular complexity index is 458. The largest absolute Gasteiger partial charge is 0.398 e. The molecule has 0 aliphatic carbocycles. The zero-order valence-electron chi connectivity index (χ0n) is 11.0. The quantitative estimate of drug-likeness (QED) is 0.610. The third-order valence-corrected chi connectivity index (χ3v) is 2.78. The lowest BCUT2D eigenvalue weighted by Gasteiger charge is -2.15. The number of nitrogens with two attached hydrogens (primary N) is 1. The van der Waals surface area contributed by atoms with E-state index in [1.54, 1.807) is 30.1 Å². The molecule has 0 aliphatic rings. The number of hydrogen-bond donors (Lipinski definition) is 2. The molecule has 5 heteroatoms. The van der Waals surface area contributed by atoms with E-state index in [1.807, 2.05) is 6.92 Å². The molecular weight excluding hydrogens is 230 g/mol. The molecule has 1 amide bonds. The van der Waals surface area contributed by atoms with Gasteiger partial charge in [-0.3, -0.25) is 9.59 Å². The lowest BCUT2D eigenvalue weighted by atomic mass is 10.1. The van der Waals surface area contributed by atoms with Gasteiger partial charge >= 0.3 is 0 Å². The number of carbonyl (C=O) groups is 2. The van der Waals surface area contributed by atoms with Crippen LogP contribution in [0.5, 0.6) is 0 Å². The van der Waals surface area contributed by atoms with Crippen LogP contribution in [0, 0.1) is 0 Å². The Labute approximate surface area is 107 Å². The minimum absolute atomic E-state index is 0.00120. The van der Waals surface area contributed by atoms with E-state index in [1.165, 1.54) is 6.92 Å². The molecule has 0 heterocycles. The Kier molecular flexibility index (Phi) is 4.71. The average Bonchev–Trinajstić information content (AvgIpc) is 2.36. The van der Waals surface area contributed by atoms with Crippen LogP contribution in [0.1, 0.15) is 24.2 Å². The van der Waals surface area contributed by atoms with Gasteiger partial charge in [-0.05, 0) is 32.0 Å². The first kappa shape index (κ1) is 14.0. The maximum atomic E-state index is 11.6. The van der Waals surface area contributed by atoms with Crippen LogP contribution in [-0.2, 0) is 4.79 Å². The molecule has 18 heavy (non-hydrogen) atoms. The first-order valence-electron chi connectivity index (χ1n) is 5.84. The van der Waals surface area contributed by atoms with Gasteiger partial charge < -0.3 is 16.0 Å². The fourth-order valence-electron chi connectivity index (χ4n) is 1.46. The number of carbonyl (C=O) groups excluding carboxylic acids is 2. The predicted molar refractivity (Wildman–Crippen MR) is 72.7 cm³/mol. The Morgan fingerprint density at radius 2 is 2.06 bits per heavy atom. The molecular formula is C13H19N3O2. The van der Waals surface area contributed by atoms with Crippen molar-refractivity contribution in [2.45, 2.75) is 13.8 Å². The van der Waals surface area contributed by atoms with Crippen molar-refractivity contribution in [3.8, 4) is 0 Å². The zero-order valence-corrected chi connectivity index (χ0v) is 11.0. The summed E-state index contributed by atoms with van der Waals surface area (Å²) in [4.78, 5) is 24.6. The molecule has 1 rings (SSSR count). The molecule has 0 atom stereocenters. The van der Waals surface area contributed by atoms with Gasteiger partial charge in [-0.2, -0.15) is 0 Å². The fraction of sp³-hybridized carbons (Fsp3) is 0.385. The van der Waals surface area contributed by atoms with Gasteiger partial charge in [0.15, 0.2) is 5.78 Å². The lowest BCUT2D eigenvalue weighted by Crippen LogP contribution is -2.31. The highest BCUT2D eigenvalue weighted by molar-refractivity contribution is 6.00. The first-order chi connectivity index (χ1) is 8.45. The van der Waals surface area contributed by atoms with Crippen LogP contribution >= 0.6 is 0 Å². The van der Waals surface area contributed by atoms with Crippen LogP contribution in [-0.4, -0.2) is 36.7 Å². The highest BCUT2D eigenvalue weighted by Crippen LogP contribution is 2.18. The maximum absolute atomic E-state index is 11.6. The van der Waals surface area contributed by atoms with Crippen molar-refractivity contribution >= 4 is 23.1 Å². The summed E-state index contributed by atoms with van der Waals surface area (Å²) in [5, 5.41) is 2.98. The summed E-state index contributed by atoms with van der Waals surface area (Å²) in [5.41, 5.74) is 7.33. The second kappa shape index (κ2) is 6.05. The SMILES string of the molecule is CCN(C)C(=O)CNc1ccc(N)c(C(C)=O)c1. The summed E-state index contributed by atoms with van der Waals surface area (Å²) in [5.74, 6) is -0.0909. The molecule has 0 aromatic heterocycles. The molecule has 3 N–H and O–H groups in total. The minimum Gasteiger partial charge on any atom is -0.398 e. The number of hydrogen-bond acceptors (Lipinski definition) is 4. The number of nitrogen functional groups attached to an aromatic ring is 1. The molecule has 0 aliphatic heterocycles. The molecule has 0 saturated carbocycles. The number of rotatable bonds is 5. The van der Waals surface area contributed by atoms with Crippen LogP contribution in [0.4, 0.5) is 11.4 Å². The first-order valence-corrected chi connectivity index (χ1v) is 5.84. The lowest BCUT2D eigenvalue weighted by molar-refractivity contribution is -0.127. The van der Waals surface area contributed by atoms with E-state index in [2.05, 4.69) is 5.32 Å². The van der Waals surface area contributed by atoms with Gasteiger partial charge in [0.25, 0.3) is 0 Å². The predicted octanol–water partition coefficient (Wildman–Crippen LogP) is 1.36. The van der Waals surface area contributed by atoms with E-state index >= 15 is 0 Å². The van der Waals surface area contributed by atoms with E-state index < -0.39 is 0 Å². The second-order valence-electron chi connectivity index (χ2n) is 4.12. The zero-order chi connectivity index (χ0) is 13.7. The van der Waals surface area contributed by atoms with Crippen molar-refractivity contribution in [1.82, 2.24) is 4.90 Å². The second-order valence-corrected chi connectivity index (χ2v) is 4.12. The molecule has 0 radical (unpaired) electrons. The van der Waals surface area contributed by atoms with E-state index in [9.17, 15) is 9.59 Å². The molecule has 5 nitrogen and oxygen atoms in total. The number of Topliss-reactive ketones (excluding diaryl/α,β-unsaturated/α-hetero) is 1. The van der Waals surface area contributed by atoms with Crippen molar-refractivity contribution in [2.24, 2.45) is 0 Å². The molecule has 98 valence electrons. The van der Waals surface area contributed by atoms with E-state index in [0.29, 0.717) is 23.5 Å². The monoisotopic (exact) mass is 249 g/mol. The molecule has 0 unspecified atom stereocenters. The number of benzene rings is 1. The van der Waals surface area contributed by atoms with Crippen LogP contribution in [0.15, 0.2) is 18.2 Å². The van der Waals surface area contributed by atoms with Crippen molar-refractivity contribution < 1.29 is 9.59 Å². The van der Waals surface area contributed by atoms with Crippen LogP contribution < -0.4 is 11.1 Å². The normalized spacial score (nSPS) is 9.94. The molecule has 1 aromatic carbocycles. The third kappa shape index (κ3) is 3.48. The molecule has 1 aromatic rings. The molecule has 0 spiro atoms. The van der Waals surface area contributed by atoms with Crippen LogP contribution in [0.2, 0.25) is 0 Å². The van der Waals surface area contributed by atoms with Crippen LogP contribution in [0.3, 0.4) is 0 Å². The Morgan fingerprint density at radius 1 is 1.39 bits per heavy atom. The van der Waals surface area contributed by atoms with E-state index in [-0.39, 0.29) is 18.2 Å². The van der Waals surface area contributed by atoms with E-state index in [0.717, 1.165) is 0 Å². The molecule has 0 fully saturated rings. The molecule has 0 bridgehead atoms. The Morgan fingerprint density at radius 3 is 2.61 bits per heavy atom. The number of anilines is 2. The highest BCUT2D eigenvalue weighted by Gasteiger charge is 2.08.